The number of primary amides is 1. The van der Waals surface area contributed by atoms with E-state index < -0.39 is 5.91 Å². The van der Waals surface area contributed by atoms with E-state index in [0.29, 0.717) is 12.1 Å². The summed E-state index contributed by atoms with van der Waals surface area (Å²) in [6.07, 6.45) is 3.07. The topological polar surface area (TPSA) is 48.0 Å². The highest BCUT2D eigenvalue weighted by molar-refractivity contribution is 5.96. The van der Waals surface area contributed by atoms with Crippen LogP contribution in [0.4, 0.5) is 4.39 Å². The number of aromatic nitrogens is 1. The van der Waals surface area contributed by atoms with Gasteiger partial charge >= 0.3 is 0 Å². The van der Waals surface area contributed by atoms with Crippen molar-refractivity contribution in [1.82, 2.24) is 4.57 Å². The predicted molar refractivity (Wildman–Crippen MR) is 90.4 cm³/mol. The van der Waals surface area contributed by atoms with Crippen molar-refractivity contribution < 1.29 is 9.18 Å². The minimum atomic E-state index is -0.490. The van der Waals surface area contributed by atoms with Gasteiger partial charge in [-0.1, -0.05) is 36.4 Å². The number of benzene rings is 2. The molecule has 2 N–H and O–H groups in total. The van der Waals surface area contributed by atoms with E-state index in [9.17, 15) is 9.18 Å². The summed E-state index contributed by atoms with van der Waals surface area (Å²) in [6.45, 7) is 2.39. The summed E-state index contributed by atoms with van der Waals surface area (Å²) in [6, 6.07) is 14.6. The van der Waals surface area contributed by atoms with E-state index in [1.165, 1.54) is 12.1 Å². The number of para-hydroxylation sites is 1. The monoisotopic (exact) mass is 308 g/mol. The quantitative estimate of drug-likeness (QED) is 0.735. The Bertz CT molecular complexity index is 909. The number of nitrogens with two attached hydrogens (primary N) is 1. The third-order valence-electron chi connectivity index (χ3n) is 3.98. The molecule has 3 nitrogen and oxygen atoms in total. The Morgan fingerprint density at radius 3 is 2.61 bits per heavy atom. The number of carbonyl (C=O) groups is 1. The summed E-state index contributed by atoms with van der Waals surface area (Å²) in [7, 11) is 0. The summed E-state index contributed by atoms with van der Waals surface area (Å²) >= 11 is 0. The molecule has 0 aliphatic carbocycles. The van der Waals surface area contributed by atoms with E-state index in [-0.39, 0.29) is 5.82 Å². The van der Waals surface area contributed by atoms with Crippen LogP contribution in [0, 0.1) is 12.7 Å². The molecule has 0 saturated heterocycles. The van der Waals surface area contributed by atoms with Crippen molar-refractivity contribution in [1.29, 1.82) is 0 Å². The summed E-state index contributed by atoms with van der Waals surface area (Å²) < 4.78 is 16.0. The second-order valence-electron chi connectivity index (χ2n) is 5.43. The van der Waals surface area contributed by atoms with Crippen molar-refractivity contribution in [3.8, 4) is 0 Å². The Morgan fingerprint density at radius 1 is 1.17 bits per heavy atom. The molecule has 0 aliphatic rings. The number of fused-ring (bicyclic) bond motifs is 1. The van der Waals surface area contributed by atoms with Crippen molar-refractivity contribution in [2.24, 2.45) is 5.73 Å². The van der Waals surface area contributed by atoms with Gasteiger partial charge in [0.1, 0.15) is 5.82 Å². The normalized spacial score (nSPS) is 11.4. The molecular weight excluding hydrogens is 291 g/mol. The van der Waals surface area contributed by atoms with Crippen molar-refractivity contribution in [3.63, 3.8) is 0 Å². The first-order valence-corrected chi connectivity index (χ1v) is 7.36. The second-order valence-corrected chi connectivity index (χ2v) is 5.43. The highest BCUT2D eigenvalue weighted by atomic mass is 19.1. The fraction of sp³-hybridized carbons (Fsp3) is 0.105. The molecule has 0 unspecified atom stereocenters. The molecular formula is C19H17FN2O. The van der Waals surface area contributed by atoms with Gasteiger partial charge in [-0.15, -0.1) is 0 Å². The first kappa shape index (κ1) is 15.0. The number of carbonyl (C=O) groups excluding carboxylic acids is 1. The maximum absolute atomic E-state index is 14.0. The molecule has 116 valence electrons. The average molecular weight is 308 g/mol. The highest BCUT2D eigenvalue weighted by Crippen LogP contribution is 2.28. The molecule has 1 amide bonds. The van der Waals surface area contributed by atoms with Crippen LogP contribution in [-0.2, 0) is 11.3 Å². The molecule has 1 heterocycles. The van der Waals surface area contributed by atoms with Crippen LogP contribution in [0.15, 0.2) is 54.6 Å². The average Bonchev–Trinajstić information content (AvgIpc) is 2.80. The minimum Gasteiger partial charge on any atom is -0.366 e. The molecule has 2 aromatic carbocycles. The third-order valence-corrected chi connectivity index (χ3v) is 3.98. The molecule has 0 bridgehead atoms. The van der Waals surface area contributed by atoms with Crippen LogP contribution >= 0.6 is 0 Å². The Balaban J connectivity index is 2.16. The van der Waals surface area contributed by atoms with Gasteiger partial charge in [-0.3, -0.25) is 4.79 Å². The lowest BCUT2D eigenvalue weighted by Crippen LogP contribution is -2.05. The van der Waals surface area contributed by atoms with E-state index >= 15 is 0 Å². The number of amides is 1. The number of hydrogen-bond donors (Lipinski definition) is 1. The molecule has 3 rings (SSSR count). The molecule has 23 heavy (non-hydrogen) atoms. The van der Waals surface area contributed by atoms with Crippen molar-refractivity contribution in [2.75, 3.05) is 0 Å². The molecule has 0 fully saturated rings. The fourth-order valence-electron chi connectivity index (χ4n) is 2.83. The van der Waals surface area contributed by atoms with Gasteiger partial charge in [0.2, 0.25) is 5.91 Å². The zero-order valence-corrected chi connectivity index (χ0v) is 12.8. The van der Waals surface area contributed by atoms with Crippen LogP contribution in [0.3, 0.4) is 0 Å². The van der Waals surface area contributed by atoms with E-state index in [1.54, 1.807) is 18.2 Å². The van der Waals surface area contributed by atoms with Crippen molar-refractivity contribution >= 4 is 22.9 Å². The molecule has 0 atom stereocenters. The maximum Gasteiger partial charge on any atom is 0.241 e. The summed E-state index contributed by atoms with van der Waals surface area (Å²) in [5.74, 6) is -0.714. The summed E-state index contributed by atoms with van der Waals surface area (Å²) in [4.78, 5) is 11.0. The molecule has 0 saturated carbocycles. The lowest BCUT2D eigenvalue weighted by molar-refractivity contribution is -0.113. The smallest absolute Gasteiger partial charge is 0.241 e. The molecule has 3 aromatic rings. The van der Waals surface area contributed by atoms with Gasteiger partial charge in [0.15, 0.2) is 0 Å². The van der Waals surface area contributed by atoms with E-state index in [2.05, 4.69) is 4.57 Å². The van der Waals surface area contributed by atoms with Gasteiger partial charge in [-0.2, -0.15) is 0 Å². The first-order chi connectivity index (χ1) is 11.1. The number of hydrogen-bond acceptors (Lipinski definition) is 1. The molecule has 0 spiro atoms. The maximum atomic E-state index is 14.0. The standard InChI is InChI=1S/C19H17FN2O/c1-13-15(10-11-19(21)23)16-7-3-5-9-18(16)22(13)12-14-6-2-4-8-17(14)20/h2-11H,12H2,1H3,(H2,21,23)/b11-10+. The van der Waals surface area contributed by atoms with Crippen LogP contribution < -0.4 is 5.73 Å². The minimum absolute atomic E-state index is 0.223. The number of halogens is 1. The fourth-order valence-corrected chi connectivity index (χ4v) is 2.83. The van der Waals surface area contributed by atoms with Crippen LogP contribution in [0.5, 0.6) is 0 Å². The van der Waals surface area contributed by atoms with Crippen LogP contribution in [-0.4, -0.2) is 10.5 Å². The highest BCUT2D eigenvalue weighted by Gasteiger charge is 2.13. The lowest BCUT2D eigenvalue weighted by atomic mass is 10.1. The molecule has 0 aliphatic heterocycles. The zero-order valence-electron chi connectivity index (χ0n) is 12.8. The lowest BCUT2D eigenvalue weighted by Gasteiger charge is -2.09. The Morgan fingerprint density at radius 2 is 1.87 bits per heavy atom. The van der Waals surface area contributed by atoms with Gasteiger partial charge in [0.05, 0.1) is 6.54 Å². The van der Waals surface area contributed by atoms with Gasteiger partial charge in [0.25, 0.3) is 0 Å². The Kier molecular flexibility index (Phi) is 3.98. The van der Waals surface area contributed by atoms with Crippen LogP contribution in [0.1, 0.15) is 16.8 Å². The number of rotatable bonds is 4. The molecule has 4 heteroatoms. The van der Waals surface area contributed by atoms with Gasteiger partial charge < -0.3 is 10.3 Å². The van der Waals surface area contributed by atoms with E-state index in [1.807, 2.05) is 37.3 Å². The molecule has 0 radical (unpaired) electrons. The van der Waals surface area contributed by atoms with Crippen LogP contribution in [0.25, 0.3) is 17.0 Å². The Hall–Kier alpha value is -2.88. The van der Waals surface area contributed by atoms with Gasteiger partial charge in [-0.25, -0.2) is 4.39 Å². The largest absolute Gasteiger partial charge is 0.366 e. The van der Waals surface area contributed by atoms with E-state index in [0.717, 1.165) is 22.2 Å². The van der Waals surface area contributed by atoms with Gasteiger partial charge in [0, 0.05) is 33.8 Å². The summed E-state index contributed by atoms with van der Waals surface area (Å²) in [5.41, 5.74) is 8.72. The van der Waals surface area contributed by atoms with Crippen molar-refractivity contribution in [2.45, 2.75) is 13.5 Å². The zero-order chi connectivity index (χ0) is 16.4. The van der Waals surface area contributed by atoms with Crippen LogP contribution in [0.2, 0.25) is 0 Å². The Labute approximate surface area is 133 Å². The summed E-state index contributed by atoms with van der Waals surface area (Å²) in [5, 5.41) is 1.01. The predicted octanol–water partition coefficient (Wildman–Crippen LogP) is 3.64. The van der Waals surface area contributed by atoms with Gasteiger partial charge in [-0.05, 0) is 25.1 Å². The van der Waals surface area contributed by atoms with E-state index in [4.69, 9.17) is 5.73 Å². The SMILES string of the molecule is Cc1c(/C=C/C(N)=O)c2ccccc2n1Cc1ccccc1F. The first-order valence-electron chi connectivity index (χ1n) is 7.36. The second kappa shape index (κ2) is 6.08. The molecule has 1 aromatic heterocycles. The van der Waals surface area contributed by atoms with Crippen molar-refractivity contribution in [3.05, 3.63) is 77.2 Å². The number of nitrogens with zero attached hydrogens (tertiary/aromatic N) is 1. The third kappa shape index (κ3) is 2.88.